The Kier molecular flexibility index (Phi) is 6.10. The monoisotopic (exact) mass is 350 g/mol. The van der Waals surface area contributed by atoms with Crippen LogP contribution in [0.25, 0.3) is 0 Å². The summed E-state index contributed by atoms with van der Waals surface area (Å²) in [5.74, 6) is -0.0609. The highest BCUT2D eigenvalue weighted by molar-refractivity contribution is 6.31. The van der Waals surface area contributed by atoms with Gasteiger partial charge in [0.1, 0.15) is 5.02 Å². The van der Waals surface area contributed by atoms with E-state index in [0.29, 0.717) is 30.6 Å². The van der Waals surface area contributed by atoms with Crippen LogP contribution in [-0.2, 0) is 4.79 Å². The molecule has 1 unspecified atom stereocenters. The van der Waals surface area contributed by atoms with Crippen LogP contribution in [0.4, 0.5) is 13.2 Å². The van der Waals surface area contributed by atoms with E-state index in [-0.39, 0.29) is 5.92 Å². The third-order valence-electron chi connectivity index (χ3n) is 3.67. The van der Waals surface area contributed by atoms with Gasteiger partial charge in [0, 0.05) is 31.6 Å². The molecule has 0 aliphatic carbocycles. The lowest BCUT2D eigenvalue weighted by Crippen LogP contribution is -2.41. The molecule has 1 fully saturated rings. The Hall–Kier alpha value is -1.50. The molecule has 8 heteroatoms. The van der Waals surface area contributed by atoms with Crippen LogP contribution < -0.4 is 4.74 Å². The summed E-state index contributed by atoms with van der Waals surface area (Å²) in [4.78, 5) is 17.4. The van der Waals surface area contributed by atoms with Crippen molar-refractivity contribution in [1.29, 1.82) is 0 Å². The van der Waals surface area contributed by atoms with Gasteiger partial charge in [-0.25, -0.2) is 4.98 Å². The van der Waals surface area contributed by atoms with Crippen LogP contribution in [0.2, 0.25) is 5.02 Å². The lowest BCUT2D eigenvalue weighted by molar-refractivity contribution is -0.150. The molecule has 0 N–H and O–H groups in total. The molecule has 1 aromatic rings. The molecular formula is C15H18ClF3N2O2. The average Bonchev–Trinajstić information content (AvgIpc) is 2.51. The number of piperidine rings is 1. The van der Waals surface area contributed by atoms with Gasteiger partial charge in [-0.05, 0) is 25.0 Å². The third-order valence-corrected chi connectivity index (χ3v) is 3.96. The second-order valence-electron chi connectivity index (χ2n) is 5.56. The molecule has 2 heterocycles. The minimum Gasteiger partial charge on any atom is -0.476 e. The molecule has 1 aliphatic heterocycles. The molecule has 0 radical (unpaired) electrons. The molecule has 1 atom stereocenters. The number of ether oxygens (including phenoxy) is 1. The molecule has 0 bridgehead atoms. The first-order valence-electron chi connectivity index (χ1n) is 7.43. The van der Waals surface area contributed by atoms with E-state index in [9.17, 15) is 18.0 Å². The topological polar surface area (TPSA) is 42.4 Å². The van der Waals surface area contributed by atoms with Gasteiger partial charge in [0.2, 0.25) is 11.8 Å². The van der Waals surface area contributed by atoms with Crippen molar-refractivity contribution in [2.75, 3.05) is 19.7 Å². The molecule has 0 spiro atoms. The number of alkyl halides is 3. The minimum absolute atomic E-state index is 0.0664. The quantitative estimate of drug-likeness (QED) is 0.813. The molecular weight excluding hydrogens is 333 g/mol. The Morgan fingerprint density at radius 2 is 2.26 bits per heavy atom. The summed E-state index contributed by atoms with van der Waals surface area (Å²) in [7, 11) is 0. The van der Waals surface area contributed by atoms with E-state index in [2.05, 4.69) is 4.98 Å². The van der Waals surface area contributed by atoms with E-state index in [4.69, 9.17) is 16.3 Å². The van der Waals surface area contributed by atoms with Crippen molar-refractivity contribution >= 4 is 17.5 Å². The lowest BCUT2D eigenvalue weighted by Gasteiger charge is -2.32. The smallest absolute Gasteiger partial charge is 0.389 e. The fourth-order valence-corrected chi connectivity index (χ4v) is 2.68. The van der Waals surface area contributed by atoms with Crippen molar-refractivity contribution in [3.63, 3.8) is 0 Å². The van der Waals surface area contributed by atoms with Gasteiger partial charge in [0.25, 0.3) is 0 Å². The van der Waals surface area contributed by atoms with Crippen LogP contribution in [0.3, 0.4) is 0 Å². The number of likely N-dealkylation sites (tertiary alicyclic amines) is 1. The number of amides is 1. The molecule has 128 valence electrons. The van der Waals surface area contributed by atoms with Crippen molar-refractivity contribution < 1.29 is 22.7 Å². The van der Waals surface area contributed by atoms with E-state index < -0.39 is 24.9 Å². The van der Waals surface area contributed by atoms with E-state index in [1.54, 1.807) is 18.3 Å². The maximum absolute atomic E-state index is 12.2. The normalized spacial score (nSPS) is 18.8. The highest BCUT2D eigenvalue weighted by Gasteiger charge is 2.30. The predicted molar refractivity (Wildman–Crippen MR) is 79.3 cm³/mol. The Morgan fingerprint density at radius 3 is 2.96 bits per heavy atom. The van der Waals surface area contributed by atoms with Gasteiger partial charge in [-0.1, -0.05) is 11.6 Å². The van der Waals surface area contributed by atoms with E-state index in [1.165, 1.54) is 4.90 Å². The summed E-state index contributed by atoms with van der Waals surface area (Å²) in [5.41, 5.74) is 0. The number of hydrogen-bond donors (Lipinski definition) is 0. The number of pyridine rings is 1. The molecule has 1 amide bonds. The third kappa shape index (κ3) is 5.89. The minimum atomic E-state index is -4.30. The highest BCUT2D eigenvalue weighted by atomic mass is 35.5. The van der Waals surface area contributed by atoms with Gasteiger partial charge in [-0.15, -0.1) is 0 Å². The Labute approximate surface area is 137 Å². The highest BCUT2D eigenvalue weighted by Crippen LogP contribution is 2.25. The Morgan fingerprint density at radius 1 is 1.48 bits per heavy atom. The number of hydrogen-bond acceptors (Lipinski definition) is 3. The number of aromatic nitrogens is 1. The van der Waals surface area contributed by atoms with Gasteiger partial charge in [0.15, 0.2) is 0 Å². The van der Waals surface area contributed by atoms with Gasteiger partial charge in [0.05, 0.1) is 13.0 Å². The second kappa shape index (κ2) is 7.86. The largest absolute Gasteiger partial charge is 0.476 e. The van der Waals surface area contributed by atoms with Crippen molar-refractivity contribution in [3.8, 4) is 5.88 Å². The first-order valence-corrected chi connectivity index (χ1v) is 7.81. The summed E-state index contributed by atoms with van der Waals surface area (Å²) in [5, 5.41) is 0.404. The molecule has 2 rings (SSSR count). The summed E-state index contributed by atoms with van der Waals surface area (Å²) in [6, 6.07) is 3.36. The molecule has 0 saturated carbocycles. The van der Waals surface area contributed by atoms with Crippen LogP contribution in [0.15, 0.2) is 18.3 Å². The summed E-state index contributed by atoms with van der Waals surface area (Å²) in [6.07, 6.45) is -2.70. The van der Waals surface area contributed by atoms with Crippen molar-refractivity contribution in [2.45, 2.75) is 31.9 Å². The van der Waals surface area contributed by atoms with Crippen molar-refractivity contribution in [1.82, 2.24) is 9.88 Å². The fraction of sp³-hybridized carbons (Fsp3) is 0.600. The zero-order chi connectivity index (χ0) is 16.9. The first-order chi connectivity index (χ1) is 10.8. The van der Waals surface area contributed by atoms with Gasteiger partial charge < -0.3 is 9.64 Å². The summed E-state index contributed by atoms with van der Waals surface area (Å²) >= 11 is 5.95. The van der Waals surface area contributed by atoms with E-state index in [1.807, 2.05) is 0 Å². The summed E-state index contributed by atoms with van der Waals surface area (Å²) in [6.45, 7) is 1.23. The van der Waals surface area contributed by atoms with E-state index in [0.717, 1.165) is 12.8 Å². The molecule has 1 aromatic heterocycles. The molecule has 4 nitrogen and oxygen atoms in total. The number of carbonyl (C=O) groups excluding carboxylic acids is 1. The number of halogens is 4. The number of carbonyl (C=O) groups is 1. The lowest BCUT2D eigenvalue weighted by atomic mass is 9.98. The Balaban J connectivity index is 1.81. The van der Waals surface area contributed by atoms with Crippen LogP contribution in [0.5, 0.6) is 5.88 Å². The Bertz CT molecular complexity index is 540. The molecule has 23 heavy (non-hydrogen) atoms. The summed E-state index contributed by atoms with van der Waals surface area (Å²) < 4.78 is 42.1. The van der Waals surface area contributed by atoms with Crippen LogP contribution >= 0.6 is 11.6 Å². The van der Waals surface area contributed by atoms with Crippen LogP contribution in [-0.4, -0.2) is 41.7 Å². The maximum atomic E-state index is 12.2. The number of rotatable bonds is 5. The van der Waals surface area contributed by atoms with Crippen molar-refractivity contribution in [2.24, 2.45) is 5.92 Å². The first kappa shape index (κ1) is 17.8. The van der Waals surface area contributed by atoms with Crippen LogP contribution in [0, 0.1) is 5.92 Å². The average molecular weight is 351 g/mol. The van der Waals surface area contributed by atoms with Gasteiger partial charge in [-0.3, -0.25) is 4.79 Å². The second-order valence-corrected chi connectivity index (χ2v) is 5.97. The number of nitrogens with zero attached hydrogens (tertiary/aromatic N) is 2. The van der Waals surface area contributed by atoms with Gasteiger partial charge >= 0.3 is 6.18 Å². The maximum Gasteiger partial charge on any atom is 0.389 e. The van der Waals surface area contributed by atoms with Gasteiger partial charge in [-0.2, -0.15) is 13.2 Å². The fourth-order valence-electron chi connectivity index (χ4n) is 2.51. The standard InChI is InChI=1S/C15H18ClF3N2O2/c16-12-4-1-7-20-14(12)23-10-11-3-2-8-21(9-11)13(22)5-6-15(17,18)19/h1,4,7,11H,2-3,5-6,8-10H2. The molecule has 1 saturated heterocycles. The SMILES string of the molecule is O=C(CCC(F)(F)F)N1CCCC(COc2ncccc2Cl)C1. The molecule has 1 aliphatic rings. The zero-order valence-corrected chi connectivity index (χ0v) is 13.2. The zero-order valence-electron chi connectivity index (χ0n) is 12.5. The van der Waals surface area contributed by atoms with Crippen molar-refractivity contribution in [3.05, 3.63) is 23.4 Å². The predicted octanol–water partition coefficient (Wildman–Crippen LogP) is 3.69. The van der Waals surface area contributed by atoms with E-state index >= 15 is 0 Å². The molecule has 0 aromatic carbocycles. The van der Waals surface area contributed by atoms with Crippen LogP contribution in [0.1, 0.15) is 25.7 Å².